The van der Waals surface area contributed by atoms with Crippen LogP contribution in [0.3, 0.4) is 0 Å². The van der Waals surface area contributed by atoms with Gasteiger partial charge in [0.15, 0.2) is 0 Å². The van der Waals surface area contributed by atoms with Crippen molar-refractivity contribution in [2.24, 2.45) is 0 Å². The zero-order chi connectivity index (χ0) is 20.5. The van der Waals surface area contributed by atoms with Crippen LogP contribution >= 0.6 is 11.6 Å². The highest BCUT2D eigenvalue weighted by Crippen LogP contribution is 2.25. The summed E-state index contributed by atoms with van der Waals surface area (Å²) in [6.45, 7) is 5.07. The quantitative estimate of drug-likeness (QED) is 0.657. The number of carbonyl (C=O) groups excluding carboxylic acids is 1. The Kier molecular flexibility index (Phi) is 5.44. The Morgan fingerprint density at radius 3 is 2.36 bits per heavy atom. The van der Waals surface area contributed by atoms with Crippen LogP contribution in [0, 0.1) is 13.8 Å². The van der Waals surface area contributed by atoms with Gasteiger partial charge in [-0.25, -0.2) is 13.1 Å². The topological polar surface area (TPSA) is 93.1 Å². The van der Waals surface area contributed by atoms with Gasteiger partial charge in [0, 0.05) is 18.7 Å². The highest BCUT2D eigenvalue weighted by Gasteiger charge is 2.18. The molecule has 1 amide bonds. The second kappa shape index (κ2) is 7.65. The van der Waals surface area contributed by atoms with Crippen LogP contribution in [0.2, 0.25) is 5.02 Å². The molecule has 2 N–H and O–H groups in total. The Hall–Kier alpha value is -2.84. The van der Waals surface area contributed by atoms with Crippen LogP contribution in [0.5, 0.6) is 0 Å². The summed E-state index contributed by atoms with van der Waals surface area (Å²) in [5.41, 5.74) is 2.67. The van der Waals surface area contributed by atoms with E-state index in [1.807, 2.05) is 13.8 Å². The smallest absolute Gasteiger partial charge is 0.263 e. The van der Waals surface area contributed by atoms with Crippen LogP contribution in [0.4, 0.5) is 11.5 Å². The molecular formula is C19H19ClN4O3S. The molecule has 3 aromatic rings. The van der Waals surface area contributed by atoms with Crippen LogP contribution in [0.15, 0.2) is 53.4 Å². The van der Waals surface area contributed by atoms with Crippen LogP contribution in [0.1, 0.15) is 18.2 Å². The first kappa shape index (κ1) is 19.9. The third-order valence-corrected chi connectivity index (χ3v) is 5.74. The highest BCUT2D eigenvalue weighted by molar-refractivity contribution is 7.92. The lowest BCUT2D eigenvalue weighted by molar-refractivity contribution is -0.114. The normalized spacial score (nSPS) is 11.3. The van der Waals surface area contributed by atoms with Crippen molar-refractivity contribution < 1.29 is 13.2 Å². The van der Waals surface area contributed by atoms with Gasteiger partial charge in [-0.3, -0.25) is 9.52 Å². The number of halogens is 1. The molecule has 0 atom stereocenters. The summed E-state index contributed by atoms with van der Waals surface area (Å²) >= 11 is 6.08. The zero-order valence-electron chi connectivity index (χ0n) is 15.5. The second-order valence-corrected chi connectivity index (χ2v) is 8.41. The first-order chi connectivity index (χ1) is 13.2. The molecule has 0 saturated carbocycles. The molecule has 0 radical (unpaired) electrons. The SMILES string of the molecule is CC(=O)Nc1cc(C)nn1-c1ccc(NS(=O)(=O)c2ccc(C)cc2Cl)cc1. The average Bonchev–Trinajstić information content (AvgIpc) is 2.94. The van der Waals surface area contributed by atoms with E-state index in [9.17, 15) is 13.2 Å². The average molecular weight is 419 g/mol. The molecule has 0 saturated heterocycles. The van der Waals surface area contributed by atoms with Gasteiger partial charge in [-0.1, -0.05) is 17.7 Å². The fourth-order valence-corrected chi connectivity index (χ4v) is 4.33. The summed E-state index contributed by atoms with van der Waals surface area (Å²) < 4.78 is 29.3. The first-order valence-corrected chi connectivity index (χ1v) is 10.3. The molecule has 0 bridgehead atoms. The third-order valence-electron chi connectivity index (χ3n) is 3.88. The van der Waals surface area contributed by atoms with Crippen molar-refractivity contribution in [2.45, 2.75) is 25.7 Å². The molecule has 1 heterocycles. The Balaban J connectivity index is 1.86. The number of aromatic nitrogens is 2. The predicted molar refractivity (Wildman–Crippen MR) is 110 cm³/mol. The van der Waals surface area contributed by atoms with Gasteiger partial charge in [-0.2, -0.15) is 5.10 Å². The fraction of sp³-hybridized carbons (Fsp3) is 0.158. The molecule has 0 aliphatic rings. The van der Waals surface area contributed by atoms with Gasteiger partial charge in [0.25, 0.3) is 10.0 Å². The number of benzene rings is 2. The van der Waals surface area contributed by atoms with Gasteiger partial charge in [0.05, 0.1) is 16.4 Å². The van der Waals surface area contributed by atoms with Crippen LogP contribution in [-0.4, -0.2) is 24.1 Å². The highest BCUT2D eigenvalue weighted by atomic mass is 35.5. The van der Waals surface area contributed by atoms with E-state index >= 15 is 0 Å². The maximum Gasteiger partial charge on any atom is 0.263 e. The maximum absolute atomic E-state index is 12.6. The van der Waals surface area contributed by atoms with E-state index in [0.29, 0.717) is 17.2 Å². The summed E-state index contributed by atoms with van der Waals surface area (Å²) in [5.74, 6) is 0.324. The van der Waals surface area contributed by atoms with E-state index in [0.717, 1.165) is 11.3 Å². The standard InChI is InChI=1S/C19H19ClN4O3S/c1-12-4-9-18(17(20)10-12)28(26,27)23-15-5-7-16(8-6-15)24-19(21-14(3)25)11-13(2)22-24/h4-11,23H,1-3H3,(H,21,25). The number of aryl methyl sites for hydroxylation is 2. The number of carbonyl (C=O) groups is 1. The van der Waals surface area contributed by atoms with Crippen molar-refractivity contribution in [3.8, 4) is 5.69 Å². The number of nitrogens with one attached hydrogen (secondary N) is 2. The van der Waals surface area contributed by atoms with E-state index in [2.05, 4.69) is 15.1 Å². The van der Waals surface area contributed by atoms with Crippen molar-refractivity contribution in [1.29, 1.82) is 0 Å². The fourth-order valence-electron chi connectivity index (χ4n) is 2.67. The summed E-state index contributed by atoms with van der Waals surface area (Å²) in [5, 5.41) is 7.23. The number of anilines is 2. The van der Waals surface area contributed by atoms with Crippen molar-refractivity contribution >= 4 is 39.0 Å². The van der Waals surface area contributed by atoms with Gasteiger partial charge in [0.1, 0.15) is 10.7 Å². The van der Waals surface area contributed by atoms with Crippen LogP contribution in [-0.2, 0) is 14.8 Å². The third kappa shape index (κ3) is 4.35. The summed E-state index contributed by atoms with van der Waals surface area (Å²) in [7, 11) is -3.82. The summed E-state index contributed by atoms with van der Waals surface area (Å²) in [6, 6.07) is 13.1. The van der Waals surface area contributed by atoms with E-state index in [1.54, 1.807) is 47.1 Å². The second-order valence-electron chi connectivity index (χ2n) is 6.35. The number of amides is 1. The van der Waals surface area contributed by atoms with E-state index in [4.69, 9.17) is 11.6 Å². The lowest BCUT2D eigenvalue weighted by Gasteiger charge is -2.11. The maximum atomic E-state index is 12.6. The molecule has 9 heteroatoms. The first-order valence-electron chi connectivity index (χ1n) is 8.39. The lowest BCUT2D eigenvalue weighted by atomic mass is 10.2. The number of hydrogen-bond acceptors (Lipinski definition) is 4. The van der Waals surface area contributed by atoms with Crippen molar-refractivity contribution in [3.05, 3.63) is 64.8 Å². The summed E-state index contributed by atoms with van der Waals surface area (Å²) in [4.78, 5) is 11.4. The minimum Gasteiger partial charge on any atom is -0.311 e. The molecular weight excluding hydrogens is 400 g/mol. The molecule has 1 aromatic heterocycles. The molecule has 0 unspecified atom stereocenters. The van der Waals surface area contributed by atoms with Crippen molar-refractivity contribution in [3.63, 3.8) is 0 Å². The van der Waals surface area contributed by atoms with Gasteiger partial charge in [0.2, 0.25) is 5.91 Å². The molecule has 7 nitrogen and oxygen atoms in total. The van der Waals surface area contributed by atoms with Gasteiger partial charge in [-0.15, -0.1) is 0 Å². The Labute approximate surface area is 168 Å². The largest absolute Gasteiger partial charge is 0.311 e. The van der Waals surface area contributed by atoms with Crippen molar-refractivity contribution in [1.82, 2.24) is 9.78 Å². The summed E-state index contributed by atoms with van der Waals surface area (Å²) in [6.07, 6.45) is 0. The number of nitrogens with zero attached hydrogens (tertiary/aromatic N) is 2. The monoisotopic (exact) mass is 418 g/mol. The van der Waals surface area contributed by atoms with Gasteiger partial charge < -0.3 is 5.32 Å². The molecule has 28 heavy (non-hydrogen) atoms. The molecule has 0 aliphatic heterocycles. The minimum absolute atomic E-state index is 0.0134. The van der Waals surface area contributed by atoms with Gasteiger partial charge >= 0.3 is 0 Å². The molecule has 146 valence electrons. The van der Waals surface area contributed by atoms with Crippen molar-refractivity contribution in [2.75, 3.05) is 10.0 Å². The van der Waals surface area contributed by atoms with E-state index in [1.165, 1.54) is 13.0 Å². The molecule has 2 aromatic carbocycles. The Bertz CT molecular complexity index is 1140. The number of hydrogen-bond donors (Lipinski definition) is 2. The number of sulfonamides is 1. The predicted octanol–water partition coefficient (Wildman–Crippen LogP) is 3.90. The van der Waals surface area contributed by atoms with Gasteiger partial charge in [-0.05, 0) is 55.8 Å². The molecule has 0 aliphatic carbocycles. The van der Waals surface area contributed by atoms with Crippen LogP contribution < -0.4 is 10.0 Å². The Morgan fingerprint density at radius 1 is 1.07 bits per heavy atom. The van der Waals surface area contributed by atoms with E-state index < -0.39 is 10.0 Å². The van der Waals surface area contributed by atoms with E-state index in [-0.39, 0.29) is 15.8 Å². The molecule has 0 fully saturated rings. The number of rotatable bonds is 5. The zero-order valence-corrected chi connectivity index (χ0v) is 17.1. The lowest BCUT2D eigenvalue weighted by Crippen LogP contribution is -2.14. The Morgan fingerprint density at radius 2 is 1.75 bits per heavy atom. The van der Waals surface area contributed by atoms with Crippen LogP contribution in [0.25, 0.3) is 5.69 Å². The molecule has 0 spiro atoms. The minimum atomic E-state index is -3.82. The molecule has 3 rings (SSSR count).